The summed E-state index contributed by atoms with van der Waals surface area (Å²) in [5.74, 6) is -0.666. The molecule has 4 nitrogen and oxygen atoms in total. The van der Waals surface area contributed by atoms with E-state index >= 15 is 0 Å². The first-order valence-electron chi connectivity index (χ1n) is 5.94. The number of furan rings is 1. The fraction of sp³-hybridized carbons (Fsp3) is 0.214. The fourth-order valence-corrected chi connectivity index (χ4v) is 2.31. The Morgan fingerprint density at radius 2 is 2.00 bits per heavy atom. The Bertz CT molecular complexity index is 601. The predicted molar refractivity (Wildman–Crippen MR) is 67.4 cm³/mol. The fourth-order valence-electron chi connectivity index (χ4n) is 2.31. The van der Waals surface area contributed by atoms with Gasteiger partial charge in [-0.3, -0.25) is 0 Å². The molecule has 0 bridgehead atoms. The second-order valence-electron chi connectivity index (χ2n) is 4.43. The van der Waals surface area contributed by atoms with Crippen LogP contribution >= 0.6 is 0 Å². The van der Waals surface area contributed by atoms with Crippen molar-refractivity contribution in [3.63, 3.8) is 0 Å². The molecule has 0 amide bonds. The van der Waals surface area contributed by atoms with Crippen molar-refractivity contribution in [3.8, 4) is 0 Å². The third kappa shape index (κ3) is 1.97. The summed E-state index contributed by atoms with van der Waals surface area (Å²) >= 11 is 0. The zero-order valence-corrected chi connectivity index (χ0v) is 9.77. The molecule has 18 heavy (non-hydrogen) atoms. The van der Waals surface area contributed by atoms with Crippen LogP contribution in [0.15, 0.2) is 34.7 Å². The third-order valence-corrected chi connectivity index (χ3v) is 3.18. The van der Waals surface area contributed by atoms with Gasteiger partial charge in [-0.05, 0) is 48.6 Å². The van der Waals surface area contributed by atoms with Crippen LogP contribution in [0.4, 0.5) is 11.6 Å². The molecule has 3 rings (SSSR count). The van der Waals surface area contributed by atoms with Crippen LogP contribution in [0.1, 0.15) is 28.1 Å². The van der Waals surface area contributed by atoms with E-state index in [9.17, 15) is 4.79 Å². The lowest BCUT2D eigenvalue weighted by Crippen LogP contribution is -1.93. The van der Waals surface area contributed by atoms with Crippen molar-refractivity contribution in [1.82, 2.24) is 0 Å². The molecule has 92 valence electrons. The van der Waals surface area contributed by atoms with Crippen LogP contribution < -0.4 is 5.32 Å². The van der Waals surface area contributed by atoms with Crippen molar-refractivity contribution >= 4 is 17.5 Å². The number of fused-ring (bicyclic) bond motifs is 1. The number of carboxylic acid groups (broad SMARTS) is 1. The highest BCUT2D eigenvalue weighted by Crippen LogP contribution is 2.27. The summed E-state index contributed by atoms with van der Waals surface area (Å²) in [6.07, 6.45) is 3.48. The Kier molecular flexibility index (Phi) is 2.55. The standard InChI is InChI=1S/C14H13NO3/c16-14(17)12-6-7-13(18-12)15-11-5-4-9-2-1-3-10(9)8-11/h4-8,15H,1-3H2,(H,16,17). The van der Waals surface area contributed by atoms with Gasteiger partial charge in [-0.1, -0.05) is 6.07 Å². The minimum absolute atomic E-state index is 0.0568. The van der Waals surface area contributed by atoms with E-state index in [1.165, 1.54) is 23.6 Å². The molecule has 1 aromatic carbocycles. The Balaban J connectivity index is 1.81. The number of anilines is 2. The SMILES string of the molecule is O=C(O)c1ccc(Nc2ccc3c(c2)CCC3)o1. The van der Waals surface area contributed by atoms with Crippen LogP contribution in [0.5, 0.6) is 0 Å². The first kappa shape index (κ1) is 10.9. The Labute approximate surface area is 104 Å². The van der Waals surface area contributed by atoms with Gasteiger partial charge in [0.25, 0.3) is 0 Å². The number of carbonyl (C=O) groups is 1. The molecule has 0 aliphatic heterocycles. The Morgan fingerprint density at radius 1 is 1.17 bits per heavy atom. The molecule has 1 aliphatic rings. The van der Waals surface area contributed by atoms with Gasteiger partial charge in [0.15, 0.2) is 5.88 Å². The second-order valence-corrected chi connectivity index (χ2v) is 4.43. The molecule has 2 N–H and O–H groups in total. The minimum atomic E-state index is -1.06. The number of nitrogens with one attached hydrogen (secondary N) is 1. The van der Waals surface area contributed by atoms with E-state index in [0.717, 1.165) is 18.5 Å². The topological polar surface area (TPSA) is 62.5 Å². The Hall–Kier alpha value is -2.23. The molecular formula is C14H13NO3. The third-order valence-electron chi connectivity index (χ3n) is 3.18. The maximum absolute atomic E-state index is 10.7. The van der Waals surface area contributed by atoms with Crippen LogP contribution in [-0.2, 0) is 12.8 Å². The van der Waals surface area contributed by atoms with Crippen LogP contribution in [-0.4, -0.2) is 11.1 Å². The quantitative estimate of drug-likeness (QED) is 0.868. The summed E-state index contributed by atoms with van der Waals surface area (Å²) in [6.45, 7) is 0. The smallest absolute Gasteiger partial charge is 0.371 e. The maximum atomic E-state index is 10.7. The van der Waals surface area contributed by atoms with Gasteiger partial charge < -0.3 is 14.8 Å². The molecule has 0 unspecified atom stereocenters. The molecule has 0 saturated heterocycles. The molecule has 0 spiro atoms. The van der Waals surface area contributed by atoms with E-state index in [2.05, 4.69) is 17.4 Å². The van der Waals surface area contributed by atoms with Crippen molar-refractivity contribution in [2.24, 2.45) is 0 Å². The maximum Gasteiger partial charge on any atom is 0.371 e. The van der Waals surface area contributed by atoms with E-state index in [1.54, 1.807) is 6.07 Å². The monoisotopic (exact) mass is 243 g/mol. The molecule has 0 saturated carbocycles. The Morgan fingerprint density at radius 3 is 2.78 bits per heavy atom. The highest BCUT2D eigenvalue weighted by Gasteiger charge is 2.12. The average molecular weight is 243 g/mol. The number of hydrogen-bond acceptors (Lipinski definition) is 3. The van der Waals surface area contributed by atoms with Gasteiger partial charge in [0.1, 0.15) is 0 Å². The lowest BCUT2D eigenvalue weighted by Gasteiger charge is -2.05. The van der Waals surface area contributed by atoms with Gasteiger partial charge >= 0.3 is 5.97 Å². The first-order chi connectivity index (χ1) is 8.72. The molecule has 0 fully saturated rings. The summed E-state index contributed by atoms with van der Waals surface area (Å²) in [6, 6.07) is 9.28. The molecule has 0 radical (unpaired) electrons. The second kappa shape index (κ2) is 4.22. The number of aromatic carboxylic acids is 1. The van der Waals surface area contributed by atoms with Crippen LogP contribution in [0.3, 0.4) is 0 Å². The van der Waals surface area contributed by atoms with Crippen LogP contribution in [0, 0.1) is 0 Å². The largest absolute Gasteiger partial charge is 0.475 e. The van der Waals surface area contributed by atoms with Crippen LogP contribution in [0.2, 0.25) is 0 Å². The number of rotatable bonds is 3. The number of carboxylic acids is 1. The molecule has 2 aromatic rings. The minimum Gasteiger partial charge on any atom is -0.475 e. The van der Waals surface area contributed by atoms with Crippen LogP contribution in [0.25, 0.3) is 0 Å². The van der Waals surface area contributed by atoms with E-state index in [1.807, 2.05) is 6.07 Å². The normalized spacial score (nSPS) is 13.3. The van der Waals surface area contributed by atoms with E-state index < -0.39 is 5.97 Å². The predicted octanol–water partition coefficient (Wildman–Crippen LogP) is 3.21. The van der Waals surface area contributed by atoms with Crippen molar-refractivity contribution in [3.05, 3.63) is 47.2 Å². The van der Waals surface area contributed by atoms with Crippen molar-refractivity contribution in [2.75, 3.05) is 5.32 Å². The van der Waals surface area contributed by atoms with E-state index in [4.69, 9.17) is 9.52 Å². The highest BCUT2D eigenvalue weighted by atomic mass is 16.4. The van der Waals surface area contributed by atoms with E-state index in [-0.39, 0.29) is 5.76 Å². The first-order valence-corrected chi connectivity index (χ1v) is 5.94. The number of benzene rings is 1. The average Bonchev–Trinajstić information content (AvgIpc) is 2.96. The lowest BCUT2D eigenvalue weighted by atomic mass is 10.1. The van der Waals surface area contributed by atoms with Crippen molar-refractivity contribution < 1.29 is 14.3 Å². The highest BCUT2D eigenvalue weighted by molar-refractivity contribution is 5.85. The zero-order chi connectivity index (χ0) is 12.5. The number of aryl methyl sites for hydroxylation is 2. The molecule has 0 atom stereocenters. The molecular weight excluding hydrogens is 230 g/mol. The van der Waals surface area contributed by atoms with Crippen molar-refractivity contribution in [1.29, 1.82) is 0 Å². The molecule has 1 heterocycles. The summed E-state index contributed by atoms with van der Waals surface area (Å²) in [4.78, 5) is 10.7. The molecule has 1 aliphatic carbocycles. The van der Waals surface area contributed by atoms with Crippen molar-refractivity contribution in [2.45, 2.75) is 19.3 Å². The zero-order valence-electron chi connectivity index (χ0n) is 9.77. The summed E-state index contributed by atoms with van der Waals surface area (Å²) < 4.78 is 5.16. The van der Waals surface area contributed by atoms with Gasteiger partial charge in [-0.15, -0.1) is 0 Å². The molecule has 4 heteroatoms. The van der Waals surface area contributed by atoms with Gasteiger partial charge in [-0.25, -0.2) is 4.79 Å². The lowest BCUT2D eigenvalue weighted by molar-refractivity contribution is 0.0663. The summed E-state index contributed by atoms with van der Waals surface area (Å²) in [5, 5.41) is 11.8. The van der Waals surface area contributed by atoms with Gasteiger partial charge in [0.05, 0.1) is 0 Å². The number of hydrogen-bond donors (Lipinski definition) is 2. The summed E-state index contributed by atoms with van der Waals surface area (Å²) in [5.41, 5.74) is 3.71. The van der Waals surface area contributed by atoms with E-state index in [0.29, 0.717) is 5.88 Å². The summed E-state index contributed by atoms with van der Waals surface area (Å²) in [7, 11) is 0. The molecule has 1 aromatic heterocycles. The van der Waals surface area contributed by atoms with Gasteiger partial charge in [-0.2, -0.15) is 0 Å². The van der Waals surface area contributed by atoms with Gasteiger partial charge in [0, 0.05) is 11.8 Å². The van der Waals surface area contributed by atoms with Gasteiger partial charge in [0.2, 0.25) is 5.76 Å².